The first-order chi connectivity index (χ1) is 12.8. The molecule has 0 amide bonds. The summed E-state index contributed by atoms with van der Waals surface area (Å²) in [5.74, 6) is 0. The maximum Gasteiger partial charge on any atom is 0.216 e. The van der Waals surface area contributed by atoms with Crippen LogP contribution >= 0.6 is 151 Å². The molecule has 162 valence electrons. The van der Waals surface area contributed by atoms with Crippen molar-refractivity contribution in [3.63, 3.8) is 0 Å². The van der Waals surface area contributed by atoms with Gasteiger partial charge in [-0.15, -0.1) is 0 Å². The maximum absolute atomic E-state index is 5.81. The van der Waals surface area contributed by atoms with Crippen molar-refractivity contribution in [2.24, 2.45) is 0 Å². The lowest BCUT2D eigenvalue weighted by atomic mass is 10.1. The molecule has 0 atom stereocenters. The van der Waals surface area contributed by atoms with Crippen LogP contribution in [0.3, 0.4) is 0 Å². The van der Waals surface area contributed by atoms with Crippen molar-refractivity contribution in [1.82, 2.24) is 0 Å². The fourth-order valence-corrected chi connectivity index (χ4v) is 3.77. The predicted molar refractivity (Wildman–Crippen MR) is 135 cm³/mol. The van der Waals surface area contributed by atoms with Crippen LogP contribution in [0.15, 0.2) is 42.5 Å². The van der Waals surface area contributed by atoms with Crippen LogP contribution in [-0.2, 0) is 15.2 Å². The van der Waals surface area contributed by atoms with Gasteiger partial charge in [0.25, 0.3) is 0 Å². The van der Waals surface area contributed by atoms with Gasteiger partial charge >= 0.3 is 0 Å². The minimum atomic E-state index is -1.60. The second-order valence-electron chi connectivity index (χ2n) is 5.27. The van der Waals surface area contributed by atoms with E-state index in [2.05, 4.69) is 0 Å². The van der Waals surface area contributed by atoms with E-state index in [1.807, 2.05) is 0 Å². The number of rotatable bonds is 0. The van der Waals surface area contributed by atoms with Crippen LogP contribution < -0.4 is 0 Å². The summed E-state index contributed by atoms with van der Waals surface area (Å²) in [5.41, 5.74) is 1.43. The van der Waals surface area contributed by atoms with E-state index in [0.717, 1.165) is 0 Å². The standard InChI is InChI=1S/C8H3Cl7.C8H4Cl6/c9-6-2-4(7(10,11)12)1-5(3-6)8(13,14)15;9-7(10,11)5-3-1-2-4-6(5)8(12,13)14/h1-3H;1-4H. The van der Waals surface area contributed by atoms with E-state index >= 15 is 0 Å². The van der Waals surface area contributed by atoms with Crippen molar-refractivity contribution < 1.29 is 0 Å². The number of alkyl halides is 12. The number of hydrogen-bond donors (Lipinski definition) is 0. The SMILES string of the molecule is ClC(Cl)(Cl)c1ccccc1C(Cl)(Cl)Cl.Clc1cc(C(Cl)(Cl)Cl)cc(C(Cl)(Cl)Cl)c1. The summed E-state index contributed by atoms with van der Waals surface area (Å²) in [5, 5.41) is 0.333. The molecule has 0 N–H and O–H groups in total. The van der Waals surface area contributed by atoms with Gasteiger partial charge in [0.2, 0.25) is 15.2 Å². The monoisotopic (exact) mass is 654 g/mol. The summed E-state index contributed by atoms with van der Waals surface area (Å²) in [6.07, 6.45) is 0. The molecule has 0 radical (unpaired) electrons. The molecule has 2 aromatic rings. The Morgan fingerprint density at radius 2 is 0.759 bits per heavy atom. The molecule has 0 bridgehead atoms. The molecule has 0 aromatic heterocycles. The van der Waals surface area contributed by atoms with Crippen LogP contribution in [0.4, 0.5) is 0 Å². The normalized spacial score (nSPS) is 13.0. The van der Waals surface area contributed by atoms with Gasteiger partial charge in [-0.2, -0.15) is 0 Å². The van der Waals surface area contributed by atoms with Crippen LogP contribution in [0.5, 0.6) is 0 Å². The van der Waals surface area contributed by atoms with Crippen molar-refractivity contribution in [2.45, 2.75) is 15.2 Å². The Bertz CT molecular complexity index is 757. The average molecular weight is 660 g/mol. The summed E-state index contributed by atoms with van der Waals surface area (Å²) in [4.78, 5) is 0. The van der Waals surface area contributed by atoms with Crippen molar-refractivity contribution in [1.29, 1.82) is 0 Å². The van der Waals surface area contributed by atoms with Crippen LogP contribution in [0.2, 0.25) is 5.02 Å². The van der Waals surface area contributed by atoms with Gasteiger partial charge in [-0.25, -0.2) is 0 Å². The van der Waals surface area contributed by atoms with E-state index in [1.165, 1.54) is 18.2 Å². The van der Waals surface area contributed by atoms with Gasteiger partial charge in [0.05, 0.1) is 0 Å². The molecule has 0 aliphatic carbocycles. The predicted octanol–water partition coefficient (Wildman–Crippen LogP) is 11.3. The molecule has 0 saturated carbocycles. The zero-order valence-corrected chi connectivity index (χ0v) is 23.3. The summed E-state index contributed by atoms with van der Waals surface area (Å²) < 4.78 is -6.40. The quantitative estimate of drug-likeness (QED) is 0.247. The topological polar surface area (TPSA) is 0 Å². The van der Waals surface area contributed by atoms with E-state index in [4.69, 9.17) is 151 Å². The van der Waals surface area contributed by atoms with Gasteiger partial charge in [0, 0.05) is 27.3 Å². The molecule has 29 heavy (non-hydrogen) atoms. The number of hydrogen-bond acceptors (Lipinski definition) is 0. The first-order valence-electron chi connectivity index (χ1n) is 7.02. The van der Waals surface area contributed by atoms with Crippen molar-refractivity contribution in [2.75, 3.05) is 0 Å². The lowest BCUT2D eigenvalue weighted by molar-refractivity contribution is 1.11. The van der Waals surface area contributed by atoms with Gasteiger partial charge < -0.3 is 0 Å². The second-order valence-corrected chi connectivity index (χ2v) is 14.8. The van der Waals surface area contributed by atoms with Crippen LogP contribution in [-0.4, -0.2) is 0 Å². The molecule has 0 aliphatic rings. The summed E-state index contributed by atoms with van der Waals surface area (Å²) >= 11 is 74.3. The van der Waals surface area contributed by atoms with Crippen LogP contribution in [0, 0.1) is 0 Å². The Morgan fingerprint density at radius 1 is 0.448 bits per heavy atom. The smallest absolute Gasteiger partial charge is 0.0843 e. The molecule has 0 aliphatic heterocycles. The highest BCUT2D eigenvalue weighted by Crippen LogP contribution is 2.48. The van der Waals surface area contributed by atoms with Crippen molar-refractivity contribution in [3.8, 4) is 0 Å². The van der Waals surface area contributed by atoms with Crippen molar-refractivity contribution in [3.05, 3.63) is 69.7 Å². The summed E-state index contributed by atoms with van der Waals surface area (Å²) in [6.45, 7) is 0. The Balaban J connectivity index is 0.000000291. The molecule has 2 aromatic carbocycles. The highest BCUT2D eigenvalue weighted by Gasteiger charge is 2.34. The van der Waals surface area contributed by atoms with E-state index in [-0.39, 0.29) is 0 Å². The molecule has 0 spiro atoms. The molecule has 0 heterocycles. The Kier molecular flexibility index (Phi) is 11.2. The molecular weight excluding hydrogens is 653 g/mol. The third-order valence-electron chi connectivity index (χ3n) is 3.09. The third kappa shape index (κ3) is 9.93. The Labute approximate surface area is 233 Å². The lowest BCUT2D eigenvalue weighted by Gasteiger charge is -2.20. The maximum atomic E-state index is 5.81. The fraction of sp³-hybridized carbons (Fsp3) is 0.250. The average Bonchev–Trinajstić information content (AvgIpc) is 2.51. The van der Waals surface area contributed by atoms with E-state index in [9.17, 15) is 0 Å². The minimum Gasteiger partial charge on any atom is -0.0843 e. The van der Waals surface area contributed by atoms with Gasteiger partial charge in [-0.1, -0.05) is 175 Å². The van der Waals surface area contributed by atoms with E-state index < -0.39 is 15.2 Å². The molecule has 0 unspecified atom stereocenters. The molecule has 0 nitrogen and oxygen atoms in total. The highest BCUT2D eigenvalue weighted by molar-refractivity contribution is 6.69. The third-order valence-corrected chi connectivity index (χ3v) is 5.84. The molecule has 0 saturated heterocycles. The largest absolute Gasteiger partial charge is 0.216 e. The van der Waals surface area contributed by atoms with Crippen LogP contribution in [0.25, 0.3) is 0 Å². The first-order valence-corrected chi connectivity index (χ1v) is 11.9. The summed E-state index contributed by atoms with van der Waals surface area (Å²) in [7, 11) is 0. The number of halogens is 13. The van der Waals surface area contributed by atoms with E-state index in [0.29, 0.717) is 27.3 Å². The zero-order valence-electron chi connectivity index (χ0n) is 13.5. The summed E-state index contributed by atoms with van der Waals surface area (Å²) in [6, 6.07) is 11.1. The van der Waals surface area contributed by atoms with Crippen LogP contribution in [0.1, 0.15) is 22.3 Å². The molecule has 13 heteroatoms. The lowest BCUT2D eigenvalue weighted by Crippen LogP contribution is -2.11. The zero-order chi connectivity index (χ0) is 22.8. The second kappa shape index (κ2) is 11.1. The van der Waals surface area contributed by atoms with Gasteiger partial charge in [0.15, 0.2) is 0 Å². The minimum absolute atomic E-state index is 0.333. The van der Waals surface area contributed by atoms with E-state index in [1.54, 1.807) is 24.3 Å². The first kappa shape index (κ1) is 29.2. The Morgan fingerprint density at radius 3 is 1.00 bits per heavy atom. The molecule has 2 rings (SSSR count). The van der Waals surface area contributed by atoms with Gasteiger partial charge in [0.1, 0.15) is 0 Å². The van der Waals surface area contributed by atoms with Gasteiger partial charge in [-0.3, -0.25) is 0 Å². The highest BCUT2D eigenvalue weighted by atomic mass is 35.6. The van der Waals surface area contributed by atoms with Crippen molar-refractivity contribution >= 4 is 151 Å². The van der Waals surface area contributed by atoms with Gasteiger partial charge in [-0.05, 0) is 18.2 Å². The number of benzene rings is 2. The molecular formula is C16H7Cl13. The fourth-order valence-electron chi connectivity index (χ4n) is 1.89. The molecule has 0 fully saturated rings. The Hall–Kier alpha value is 2.21.